The van der Waals surface area contributed by atoms with Crippen molar-refractivity contribution in [2.45, 2.75) is 24.9 Å². The number of rotatable bonds is 5. The number of carbonyl (C=O) groups is 1. The molecule has 1 atom stereocenters. The van der Waals surface area contributed by atoms with E-state index in [1.165, 1.54) is 23.2 Å². The zero-order valence-electron chi connectivity index (χ0n) is 16.3. The molecule has 4 rings (SSSR count). The molecule has 11 heteroatoms. The zero-order valence-corrected chi connectivity index (χ0v) is 16.3. The number of pyridine rings is 1. The minimum atomic E-state index is -4.42. The normalized spacial score (nSPS) is 19.1. The molecular formula is C20H18F3N5O3. The molecule has 0 spiro atoms. The standard InChI is InChI=1S/C20H18F3N5O3/c1-19(8-10-28(11-29)18(19)30)17-27-26-16(31-17)15-14(3-2-9-24-15)25-13-6-4-12(5-7-13)20(21,22)23/h2-7,9,25,29H,8,10-11H2,1H3/t19-/m1/s1. The minimum Gasteiger partial charge on any atom is -0.418 e. The zero-order chi connectivity index (χ0) is 22.2. The monoisotopic (exact) mass is 433 g/mol. The highest BCUT2D eigenvalue weighted by Gasteiger charge is 2.48. The van der Waals surface area contributed by atoms with Gasteiger partial charge in [-0.25, -0.2) is 4.98 Å². The van der Waals surface area contributed by atoms with Gasteiger partial charge in [0.2, 0.25) is 11.8 Å². The van der Waals surface area contributed by atoms with E-state index in [0.717, 1.165) is 12.1 Å². The van der Waals surface area contributed by atoms with Crippen LogP contribution in [0.5, 0.6) is 0 Å². The molecule has 3 aromatic rings. The van der Waals surface area contributed by atoms with Crippen LogP contribution in [0.4, 0.5) is 24.5 Å². The number of hydrogen-bond donors (Lipinski definition) is 2. The molecule has 0 saturated carbocycles. The van der Waals surface area contributed by atoms with Gasteiger partial charge < -0.3 is 19.7 Å². The predicted octanol–water partition coefficient (Wildman–Crippen LogP) is 3.33. The highest BCUT2D eigenvalue weighted by Crippen LogP contribution is 2.37. The van der Waals surface area contributed by atoms with E-state index in [0.29, 0.717) is 24.3 Å². The smallest absolute Gasteiger partial charge is 0.416 e. The summed E-state index contributed by atoms with van der Waals surface area (Å²) < 4.78 is 44.1. The number of hydrogen-bond acceptors (Lipinski definition) is 7. The molecule has 1 aliphatic rings. The van der Waals surface area contributed by atoms with Gasteiger partial charge in [-0.1, -0.05) is 0 Å². The molecule has 2 N–H and O–H groups in total. The summed E-state index contributed by atoms with van der Waals surface area (Å²) in [7, 11) is 0. The van der Waals surface area contributed by atoms with Crippen molar-refractivity contribution in [3.63, 3.8) is 0 Å². The fourth-order valence-corrected chi connectivity index (χ4v) is 3.37. The average molecular weight is 433 g/mol. The molecule has 2 aromatic heterocycles. The van der Waals surface area contributed by atoms with Crippen LogP contribution in [-0.4, -0.2) is 44.4 Å². The Morgan fingerprint density at radius 3 is 2.61 bits per heavy atom. The van der Waals surface area contributed by atoms with E-state index in [-0.39, 0.29) is 23.4 Å². The average Bonchev–Trinajstić information content (AvgIpc) is 3.35. The Morgan fingerprint density at radius 2 is 1.97 bits per heavy atom. The summed E-state index contributed by atoms with van der Waals surface area (Å²) in [6.07, 6.45) is -2.50. The second kappa shape index (κ2) is 7.65. The van der Waals surface area contributed by atoms with Crippen LogP contribution >= 0.6 is 0 Å². The lowest BCUT2D eigenvalue weighted by atomic mass is 9.89. The van der Waals surface area contributed by atoms with Crippen LogP contribution < -0.4 is 5.32 Å². The first kappa shape index (κ1) is 20.8. The number of carbonyl (C=O) groups excluding carboxylic acids is 1. The van der Waals surface area contributed by atoms with Crippen LogP contribution in [0, 0.1) is 0 Å². The van der Waals surface area contributed by atoms with Gasteiger partial charge >= 0.3 is 6.18 Å². The summed E-state index contributed by atoms with van der Waals surface area (Å²) in [5, 5.41) is 20.3. The molecule has 1 saturated heterocycles. The molecule has 1 amide bonds. The van der Waals surface area contributed by atoms with Crippen molar-refractivity contribution >= 4 is 17.3 Å². The first-order valence-corrected chi connectivity index (χ1v) is 9.36. The largest absolute Gasteiger partial charge is 0.418 e. The fourth-order valence-electron chi connectivity index (χ4n) is 3.37. The molecule has 0 bridgehead atoms. The molecule has 162 valence electrons. The van der Waals surface area contributed by atoms with Crippen molar-refractivity contribution < 1.29 is 27.5 Å². The Kier molecular flexibility index (Phi) is 5.13. The summed E-state index contributed by atoms with van der Waals surface area (Å²) in [6, 6.07) is 7.88. The van der Waals surface area contributed by atoms with Gasteiger partial charge in [-0.15, -0.1) is 10.2 Å². The summed E-state index contributed by atoms with van der Waals surface area (Å²) in [6.45, 7) is 1.65. The van der Waals surface area contributed by atoms with Gasteiger partial charge in [0.15, 0.2) is 5.69 Å². The first-order valence-electron chi connectivity index (χ1n) is 9.36. The topological polar surface area (TPSA) is 104 Å². The lowest BCUT2D eigenvalue weighted by Gasteiger charge is -2.18. The van der Waals surface area contributed by atoms with Crippen molar-refractivity contribution in [3.05, 3.63) is 54.0 Å². The van der Waals surface area contributed by atoms with Gasteiger partial charge in [-0.2, -0.15) is 13.2 Å². The third-order valence-electron chi connectivity index (χ3n) is 5.21. The predicted molar refractivity (Wildman–Crippen MR) is 103 cm³/mol. The molecule has 3 heterocycles. The number of anilines is 2. The van der Waals surface area contributed by atoms with E-state index >= 15 is 0 Å². The number of benzene rings is 1. The van der Waals surface area contributed by atoms with Gasteiger partial charge in [-0.3, -0.25) is 4.79 Å². The van der Waals surface area contributed by atoms with Crippen LogP contribution in [0.2, 0.25) is 0 Å². The van der Waals surface area contributed by atoms with Crippen LogP contribution in [0.1, 0.15) is 24.8 Å². The van der Waals surface area contributed by atoms with Gasteiger partial charge in [0, 0.05) is 18.4 Å². The Bertz CT molecular complexity index is 1100. The SMILES string of the molecule is C[C@]1(c2nnc(-c3ncccc3Nc3ccc(C(F)(F)F)cc3)o2)CCN(CO)C1=O. The highest BCUT2D eigenvalue weighted by molar-refractivity contribution is 5.88. The number of halogens is 3. The fraction of sp³-hybridized carbons (Fsp3) is 0.300. The molecule has 0 unspecified atom stereocenters. The number of likely N-dealkylation sites (tertiary alicyclic amines) is 1. The number of aliphatic hydroxyl groups excluding tert-OH is 1. The molecule has 1 aromatic carbocycles. The molecule has 1 aliphatic heterocycles. The van der Waals surface area contributed by atoms with Crippen molar-refractivity contribution in [2.24, 2.45) is 0 Å². The number of alkyl halides is 3. The lowest BCUT2D eigenvalue weighted by molar-refractivity contribution is -0.137. The summed E-state index contributed by atoms with van der Waals surface area (Å²) in [5.74, 6) is -0.148. The molecule has 0 radical (unpaired) electrons. The molecule has 8 nitrogen and oxygen atoms in total. The number of amides is 1. The maximum atomic E-state index is 12.8. The number of aromatic nitrogens is 3. The summed E-state index contributed by atoms with van der Waals surface area (Å²) in [5.41, 5.74) is -0.661. The van der Waals surface area contributed by atoms with Crippen LogP contribution in [-0.2, 0) is 16.4 Å². The van der Waals surface area contributed by atoms with Crippen molar-refractivity contribution in [2.75, 3.05) is 18.6 Å². The van der Waals surface area contributed by atoms with E-state index < -0.39 is 23.9 Å². The van der Waals surface area contributed by atoms with E-state index in [2.05, 4.69) is 20.5 Å². The second-order valence-electron chi connectivity index (χ2n) is 7.30. The summed E-state index contributed by atoms with van der Waals surface area (Å²) >= 11 is 0. The van der Waals surface area contributed by atoms with Crippen molar-refractivity contribution in [1.82, 2.24) is 20.1 Å². The summed E-state index contributed by atoms with van der Waals surface area (Å²) in [4.78, 5) is 18.1. The lowest BCUT2D eigenvalue weighted by Crippen LogP contribution is -2.36. The first-order chi connectivity index (χ1) is 14.7. The van der Waals surface area contributed by atoms with E-state index in [1.54, 1.807) is 19.1 Å². The molecule has 1 fully saturated rings. The van der Waals surface area contributed by atoms with E-state index in [4.69, 9.17) is 4.42 Å². The van der Waals surface area contributed by atoms with Crippen LogP contribution in [0.3, 0.4) is 0 Å². The third kappa shape index (κ3) is 3.83. The number of nitrogens with zero attached hydrogens (tertiary/aromatic N) is 4. The quantitative estimate of drug-likeness (QED) is 0.636. The maximum Gasteiger partial charge on any atom is 0.416 e. The van der Waals surface area contributed by atoms with Gasteiger partial charge in [0.05, 0.1) is 11.3 Å². The van der Waals surface area contributed by atoms with E-state index in [9.17, 15) is 23.1 Å². The Hall–Kier alpha value is -3.47. The van der Waals surface area contributed by atoms with Crippen molar-refractivity contribution in [3.8, 4) is 11.6 Å². The van der Waals surface area contributed by atoms with Crippen LogP contribution in [0.15, 0.2) is 47.0 Å². The van der Waals surface area contributed by atoms with E-state index in [1.807, 2.05) is 0 Å². The Morgan fingerprint density at radius 1 is 1.23 bits per heavy atom. The van der Waals surface area contributed by atoms with Gasteiger partial charge in [0.1, 0.15) is 12.1 Å². The Labute approximate surface area is 174 Å². The molecule has 0 aliphatic carbocycles. The van der Waals surface area contributed by atoms with Gasteiger partial charge in [0.25, 0.3) is 5.89 Å². The highest BCUT2D eigenvalue weighted by atomic mass is 19.4. The molecular weight excluding hydrogens is 415 g/mol. The third-order valence-corrected chi connectivity index (χ3v) is 5.21. The van der Waals surface area contributed by atoms with Gasteiger partial charge in [-0.05, 0) is 49.7 Å². The number of aliphatic hydroxyl groups is 1. The Balaban J connectivity index is 1.61. The second-order valence-corrected chi connectivity index (χ2v) is 7.30. The maximum absolute atomic E-state index is 12.8. The van der Waals surface area contributed by atoms with Crippen molar-refractivity contribution in [1.29, 1.82) is 0 Å². The van der Waals surface area contributed by atoms with Crippen LogP contribution in [0.25, 0.3) is 11.6 Å². The minimum absolute atomic E-state index is 0.0569. The molecule has 31 heavy (non-hydrogen) atoms. The number of nitrogens with one attached hydrogen (secondary N) is 1.